The Morgan fingerprint density at radius 1 is 1.26 bits per heavy atom. The van der Waals surface area contributed by atoms with Gasteiger partial charge in [0.25, 0.3) is 5.91 Å². The quantitative estimate of drug-likeness (QED) is 0.889. The topological polar surface area (TPSA) is 60.3 Å². The van der Waals surface area contributed by atoms with Gasteiger partial charge in [-0.05, 0) is 30.6 Å². The summed E-state index contributed by atoms with van der Waals surface area (Å²) >= 11 is 0. The molecule has 0 atom stereocenters. The molecule has 97 valence electrons. The van der Waals surface area contributed by atoms with Gasteiger partial charge in [-0.3, -0.25) is 9.59 Å². The summed E-state index contributed by atoms with van der Waals surface area (Å²) in [7, 11) is 0. The fourth-order valence-corrected chi connectivity index (χ4v) is 1.79. The van der Waals surface area contributed by atoms with E-state index in [0.717, 1.165) is 11.1 Å². The first-order valence-corrected chi connectivity index (χ1v) is 6.13. The van der Waals surface area contributed by atoms with Crippen molar-refractivity contribution < 1.29 is 9.59 Å². The minimum atomic E-state index is -0.395. The Morgan fingerprint density at radius 2 is 2.00 bits per heavy atom. The number of hydrogen-bond donors (Lipinski definition) is 1. The summed E-state index contributed by atoms with van der Waals surface area (Å²) in [5.41, 5.74) is 2.11. The van der Waals surface area contributed by atoms with Gasteiger partial charge in [0.05, 0.1) is 0 Å². The van der Waals surface area contributed by atoms with Gasteiger partial charge in [0.2, 0.25) is 5.91 Å². The fraction of sp³-hybridized carbons (Fsp3) is 0.200. The Hall–Kier alpha value is -2.36. The van der Waals surface area contributed by atoms with E-state index in [1.54, 1.807) is 13.0 Å². The van der Waals surface area contributed by atoms with Crippen molar-refractivity contribution in [3.63, 3.8) is 0 Å². The van der Waals surface area contributed by atoms with Crippen molar-refractivity contribution in [3.8, 4) is 0 Å². The lowest BCUT2D eigenvalue weighted by atomic mass is 10.1. The molecule has 19 heavy (non-hydrogen) atoms. The minimum Gasteiger partial charge on any atom is -0.321 e. The summed E-state index contributed by atoms with van der Waals surface area (Å²) in [6, 6.07) is 9.76. The van der Waals surface area contributed by atoms with Gasteiger partial charge in [0, 0.05) is 12.6 Å². The monoisotopic (exact) mass is 255 g/mol. The van der Waals surface area contributed by atoms with Crippen LogP contribution in [0.5, 0.6) is 0 Å². The Balaban J connectivity index is 1.91. The van der Waals surface area contributed by atoms with Crippen molar-refractivity contribution in [2.75, 3.05) is 0 Å². The van der Waals surface area contributed by atoms with E-state index in [2.05, 4.69) is 10.6 Å². The van der Waals surface area contributed by atoms with E-state index >= 15 is 0 Å². The van der Waals surface area contributed by atoms with Crippen molar-refractivity contribution in [1.82, 2.24) is 10.6 Å². The van der Waals surface area contributed by atoms with Gasteiger partial charge in [-0.25, -0.2) is 5.32 Å². The first kappa shape index (κ1) is 13.1. The summed E-state index contributed by atoms with van der Waals surface area (Å²) in [5.74, 6) is -0.565. The molecule has 0 aliphatic carbocycles. The van der Waals surface area contributed by atoms with Crippen LogP contribution in [0.1, 0.15) is 18.9 Å². The van der Waals surface area contributed by atoms with E-state index in [4.69, 9.17) is 0 Å². The molecule has 0 saturated heterocycles. The molecule has 0 unspecified atom stereocenters. The van der Waals surface area contributed by atoms with Crippen molar-refractivity contribution >= 4 is 11.8 Å². The van der Waals surface area contributed by atoms with Gasteiger partial charge in [0.1, 0.15) is 5.70 Å². The zero-order chi connectivity index (χ0) is 13.7. The van der Waals surface area contributed by atoms with E-state index in [9.17, 15) is 9.59 Å². The minimum absolute atomic E-state index is 0.169. The summed E-state index contributed by atoms with van der Waals surface area (Å²) in [4.78, 5) is 23.3. The molecule has 2 rings (SSSR count). The zero-order valence-corrected chi connectivity index (χ0v) is 10.7. The first-order chi connectivity index (χ1) is 9.16. The molecule has 1 radical (unpaired) electrons. The predicted molar refractivity (Wildman–Crippen MR) is 71.9 cm³/mol. The van der Waals surface area contributed by atoms with Crippen LogP contribution in [0.4, 0.5) is 0 Å². The molecule has 0 bridgehead atoms. The van der Waals surface area contributed by atoms with Crippen LogP contribution in [0.3, 0.4) is 0 Å². The van der Waals surface area contributed by atoms with Crippen molar-refractivity contribution in [2.45, 2.75) is 19.8 Å². The van der Waals surface area contributed by atoms with E-state index in [1.165, 1.54) is 6.20 Å². The lowest BCUT2D eigenvalue weighted by Crippen LogP contribution is -2.32. The molecule has 0 saturated carbocycles. The normalized spacial score (nSPS) is 14.3. The van der Waals surface area contributed by atoms with E-state index in [1.807, 2.05) is 30.3 Å². The lowest BCUT2D eigenvalue weighted by molar-refractivity contribution is -0.123. The van der Waals surface area contributed by atoms with E-state index in [-0.39, 0.29) is 11.6 Å². The third-order valence-corrected chi connectivity index (χ3v) is 2.87. The summed E-state index contributed by atoms with van der Waals surface area (Å²) < 4.78 is 0. The Bertz CT molecular complexity index is 545. The Kier molecular flexibility index (Phi) is 4.13. The molecule has 1 aromatic rings. The first-order valence-electron chi connectivity index (χ1n) is 6.13. The maximum Gasteiger partial charge on any atom is 0.293 e. The Morgan fingerprint density at radius 3 is 2.68 bits per heavy atom. The highest BCUT2D eigenvalue weighted by Gasteiger charge is 2.17. The van der Waals surface area contributed by atoms with Gasteiger partial charge in [-0.2, -0.15) is 0 Å². The number of aryl methyl sites for hydroxylation is 1. The maximum absolute atomic E-state index is 11.8. The molecule has 0 fully saturated rings. The third kappa shape index (κ3) is 3.55. The third-order valence-electron chi connectivity index (χ3n) is 2.87. The van der Waals surface area contributed by atoms with E-state index in [0.29, 0.717) is 12.8 Å². The number of nitrogens with one attached hydrogen (secondary N) is 1. The molecule has 1 heterocycles. The maximum atomic E-state index is 11.8. The van der Waals surface area contributed by atoms with Crippen LogP contribution >= 0.6 is 0 Å². The zero-order valence-electron chi connectivity index (χ0n) is 10.7. The SMILES string of the molecule is CC1=C(NC(=O)CCc2ccccc2)C(=O)[N]C=C1. The smallest absolute Gasteiger partial charge is 0.293 e. The molecule has 1 aromatic carbocycles. The van der Waals surface area contributed by atoms with E-state index < -0.39 is 5.91 Å². The second-order valence-corrected chi connectivity index (χ2v) is 4.34. The average molecular weight is 255 g/mol. The summed E-state index contributed by atoms with van der Waals surface area (Å²) in [6.07, 6.45) is 4.14. The van der Waals surface area contributed by atoms with Crippen LogP contribution in [0.25, 0.3) is 0 Å². The molecule has 2 amide bonds. The molecule has 1 N–H and O–H groups in total. The largest absolute Gasteiger partial charge is 0.321 e. The van der Waals surface area contributed by atoms with Crippen molar-refractivity contribution in [2.24, 2.45) is 0 Å². The predicted octanol–water partition coefficient (Wildman–Crippen LogP) is 1.67. The van der Waals surface area contributed by atoms with Crippen LogP contribution in [-0.4, -0.2) is 11.8 Å². The van der Waals surface area contributed by atoms with Gasteiger partial charge >= 0.3 is 0 Å². The molecule has 1 aliphatic rings. The molecule has 4 nitrogen and oxygen atoms in total. The Labute approximate surface area is 112 Å². The van der Waals surface area contributed by atoms with Gasteiger partial charge in [-0.15, -0.1) is 0 Å². The molecule has 1 aliphatic heterocycles. The number of carbonyl (C=O) groups is 2. The molecule has 4 heteroatoms. The fourth-order valence-electron chi connectivity index (χ4n) is 1.79. The van der Waals surface area contributed by atoms with Crippen LogP contribution in [0, 0.1) is 0 Å². The van der Waals surface area contributed by atoms with Crippen LogP contribution in [0.15, 0.2) is 53.9 Å². The number of allylic oxidation sites excluding steroid dienone is 2. The highest BCUT2D eigenvalue weighted by molar-refractivity contribution is 5.99. The molecule has 0 spiro atoms. The molecular formula is C15H15N2O2. The van der Waals surface area contributed by atoms with Crippen LogP contribution < -0.4 is 10.6 Å². The summed E-state index contributed by atoms with van der Waals surface area (Å²) in [5, 5.41) is 6.28. The number of amides is 2. The standard InChI is InChI=1S/C15H15N2O2/c1-11-9-10-16-15(19)14(11)17-13(18)8-7-12-5-3-2-4-6-12/h2-6,9-10H,7-8H2,1H3,(H,17,18). The number of carbonyl (C=O) groups excluding carboxylic acids is 2. The number of nitrogens with zero attached hydrogens (tertiary/aromatic N) is 1. The van der Waals surface area contributed by atoms with Gasteiger partial charge in [0.15, 0.2) is 0 Å². The van der Waals surface area contributed by atoms with Crippen LogP contribution in [0.2, 0.25) is 0 Å². The van der Waals surface area contributed by atoms with Crippen LogP contribution in [-0.2, 0) is 16.0 Å². The van der Waals surface area contributed by atoms with Crippen molar-refractivity contribution in [1.29, 1.82) is 0 Å². The highest BCUT2D eigenvalue weighted by atomic mass is 16.2. The van der Waals surface area contributed by atoms with Crippen molar-refractivity contribution in [3.05, 3.63) is 59.4 Å². The lowest BCUT2D eigenvalue weighted by Gasteiger charge is -2.12. The molecular weight excluding hydrogens is 240 g/mol. The number of rotatable bonds is 4. The molecule has 0 aromatic heterocycles. The summed E-state index contributed by atoms with van der Waals surface area (Å²) in [6.45, 7) is 1.77. The second kappa shape index (κ2) is 6.00. The van der Waals surface area contributed by atoms with Gasteiger partial charge < -0.3 is 5.32 Å². The van der Waals surface area contributed by atoms with Gasteiger partial charge in [-0.1, -0.05) is 30.3 Å². The average Bonchev–Trinajstić information content (AvgIpc) is 2.42. The highest BCUT2D eigenvalue weighted by Crippen LogP contribution is 2.09. The number of benzene rings is 1. The second-order valence-electron chi connectivity index (χ2n) is 4.34. The number of hydrogen-bond acceptors (Lipinski definition) is 2.